The van der Waals surface area contributed by atoms with Gasteiger partial charge in [0.05, 0.1) is 19.3 Å². The predicted molar refractivity (Wildman–Crippen MR) is 104 cm³/mol. The highest BCUT2D eigenvalue weighted by Gasteiger charge is 2.23. The van der Waals surface area contributed by atoms with E-state index in [-0.39, 0.29) is 11.9 Å². The van der Waals surface area contributed by atoms with Crippen molar-refractivity contribution in [3.05, 3.63) is 71.3 Å². The van der Waals surface area contributed by atoms with Crippen LogP contribution in [0.2, 0.25) is 0 Å². The van der Waals surface area contributed by atoms with Crippen LogP contribution in [0.3, 0.4) is 0 Å². The first-order valence-corrected chi connectivity index (χ1v) is 9.40. The van der Waals surface area contributed by atoms with E-state index in [0.29, 0.717) is 18.0 Å². The Balaban J connectivity index is 1.73. The minimum absolute atomic E-state index is 0.0253. The molecule has 1 fully saturated rings. The van der Waals surface area contributed by atoms with E-state index in [1.165, 1.54) is 11.1 Å². The Morgan fingerprint density at radius 3 is 2.23 bits per heavy atom. The maximum Gasteiger partial charge on any atom is 0.251 e. The summed E-state index contributed by atoms with van der Waals surface area (Å²) in [6, 6.07) is 18.3. The van der Waals surface area contributed by atoms with Gasteiger partial charge in [-0.25, -0.2) is 0 Å². The molecule has 0 saturated carbocycles. The smallest absolute Gasteiger partial charge is 0.251 e. The molecule has 1 heterocycles. The molecule has 4 heteroatoms. The Bertz CT molecular complexity index is 692. The van der Waals surface area contributed by atoms with Crippen molar-refractivity contribution in [3.63, 3.8) is 0 Å². The van der Waals surface area contributed by atoms with E-state index in [9.17, 15) is 4.79 Å². The third kappa shape index (κ3) is 4.71. The Morgan fingerprint density at radius 2 is 1.62 bits per heavy atom. The first-order valence-electron chi connectivity index (χ1n) is 9.40. The molecule has 1 atom stereocenters. The number of benzene rings is 2. The fraction of sp³-hybridized carbons (Fsp3) is 0.409. The van der Waals surface area contributed by atoms with Crippen LogP contribution < -0.4 is 5.32 Å². The molecule has 2 aromatic rings. The molecule has 1 N–H and O–H groups in total. The van der Waals surface area contributed by atoms with Crippen LogP contribution in [-0.2, 0) is 4.74 Å². The molecule has 1 saturated heterocycles. The third-order valence-electron chi connectivity index (χ3n) is 4.97. The van der Waals surface area contributed by atoms with Crippen LogP contribution >= 0.6 is 0 Å². The monoisotopic (exact) mass is 352 g/mol. The van der Waals surface area contributed by atoms with Gasteiger partial charge in [-0.05, 0) is 29.2 Å². The van der Waals surface area contributed by atoms with E-state index < -0.39 is 0 Å². The first-order chi connectivity index (χ1) is 12.6. The Hall–Kier alpha value is -2.17. The predicted octanol–water partition coefficient (Wildman–Crippen LogP) is 3.61. The van der Waals surface area contributed by atoms with Gasteiger partial charge in [0.2, 0.25) is 0 Å². The molecule has 1 aliphatic heterocycles. The molecule has 138 valence electrons. The number of morpholine rings is 1. The quantitative estimate of drug-likeness (QED) is 0.863. The van der Waals surface area contributed by atoms with Crippen molar-refractivity contribution in [1.82, 2.24) is 10.2 Å². The Morgan fingerprint density at radius 1 is 1.00 bits per heavy atom. The summed E-state index contributed by atoms with van der Waals surface area (Å²) < 4.78 is 5.50. The van der Waals surface area contributed by atoms with Crippen molar-refractivity contribution >= 4 is 5.91 Å². The molecule has 1 amide bonds. The molecule has 0 aromatic heterocycles. The molecule has 1 aliphatic rings. The first kappa shape index (κ1) is 18.6. The fourth-order valence-corrected chi connectivity index (χ4v) is 3.33. The molecule has 0 unspecified atom stereocenters. The second-order valence-electron chi connectivity index (χ2n) is 7.06. The standard InChI is InChI=1S/C22H28N2O2/c1-17(2)18-8-10-19(11-9-18)21(24-12-14-26-15-13-24)16-23-22(25)20-6-4-3-5-7-20/h3-11,17,21H,12-16H2,1-2H3,(H,23,25)/t21-/m0/s1. The number of nitrogens with zero attached hydrogens (tertiary/aromatic N) is 1. The van der Waals surface area contributed by atoms with Crippen molar-refractivity contribution in [2.24, 2.45) is 0 Å². The number of rotatable bonds is 6. The van der Waals surface area contributed by atoms with Gasteiger partial charge >= 0.3 is 0 Å². The second kappa shape index (κ2) is 8.97. The number of nitrogens with one attached hydrogen (secondary N) is 1. The minimum atomic E-state index is -0.0253. The highest BCUT2D eigenvalue weighted by molar-refractivity contribution is 5.94. The summed E-state index contributed by atoms with van der Waals surface area (Å²) in [5.41, 5.74) is 3.27. The van der Waals surface area contributed by atoms with Crippen LogP contribution in [0.1, 0.15) is 47.3 Å². The van der Waals surface area contributed by atoms with Gasteiger partial charge in [-0.15, -0.1) is 0 Å². The van der Waals surface area contributed by atoms with Gasteiger partial charge in [-0.1, -0.05) is 56.3 Å². The van der Waals surface area contributed by atoms with Crippen LogP contribution in [0, 0.1) is 0 Å². The fourth-order valence-electron chi connectivity index (χ4n) is 3.33. The van der Waals surface area contributed by atoms with Crippen molar-refractivity contribution in [3.8, 4) is 0 Å². The highest BCUT2D eigenvalue weighted by atomic mass is 16.5. The summed E-state index contributed by atoms with van der Waals surface area (Å²) in [6.45, 7) is 8.26. The molecule has 0 spiro atoms. The molecular weight excluding hydrogens is 324 g/mol. The van der Waals surface area contributed by atoms with Gasteiger partial charge in [0.25, 0.3) is 5.91 Å². The molecule has 0 aliphatic carbocycles. The van der Waals surface area contributed by atoms with E-state index >= 15 is 0 Å². The summed E-state index contributed by atoms with van der Waals surface area (Å²) in [4.78, 5) is 14.9. The van der Waals surface area contributed by atoms with Crippen molar-refractivity contribution < 1.29 is 9.53 Å². The highest BCUT2D eigenvalue weighted by Crippen LogP contribution is 2.24. The van der Waals surface area contributed by atoms with Crippen molar-refractivity contribution in [2.45, 2.75) is 25.8 Å². The summed E-state index contributed by atoms with van der Waals surface area (Å²) in [6.07, 6.45) is 0. The third-order valence-corrected chi connectivity index (χ3v) is 4.97. The van der Waals surface area contributed by atoms with E-state index in [2.05, 4.69) is 48.3 Å². The zero-order valence-electron chi connectivity index (χ0n) is 15.7. The minimum Gasteiger partial charge on any atom is -0.379 e. The lowest BCUT2D eigenvalue weighted by atomic mass is 9.98. The second-order valence-corrected chi connectivity index (χ2v) is 7.06. The molecular formula is C22H28N2O2. The van der Waals surface area contributed by atoms with Gasteiger partial charge in [0.1, 0.15) is 0 Å². The number of hydrogen-bond donors (Lipinski definition) is 1. The average Bonchev–Trinajstić information content (AvgIpc) is 2.70. The Labute approximate surface area is 156 Å². The van der Waals surface area contributed by atoms with Gasteiger partial charge < -0.3 is 10.1 Å². The summed E-state index contributed by atoms with van der Waals surface area (Å²) >= 11 is 0. The summed E-state index contributed by atoms with van der Waals surface area (Å²) in [5, 5.41) is 3.11. The van der Waals surface area contributed by atoms with Gasteiger partial charge in [-0.2, -0.15) is 0 Å². The maximum atomic E-state index is 12.5. The Kier molecular flexibility index (Phi) is 6.42. The molecule has 0 radical (unpaired) electrons. The maximum absolute atomic E-state index is 12.5. The summed E-state index contributed by atoms with van der Waals surface area (Å²) in [5.74, 6) is 0.492. The van der Waals surface area contributed by atoms with Crippen LogP contribution in [0.25, 0.3) is 0 Å². The number of amides is 1. The van der Waals surface area contributed by atoms with Gasteiger partial charge in [-0.3, -0.25) is 9.69 Å². The van der Waals surface area contributed by atoms with E-state index in [4.69, 9.17) is 4.74 Å². The molecule has 3 rings (SSSR count). The zero-order chi connectivity index (χ0) is 18.4. The summed E-state index contributed by atoms with van der Waals surface area (Å²) in [7, 11) is 0. The average molecular weight is 352 g/mol. The molecule has 26 heavy (non-hydrogen) atoms. The lowest BCUT2D eigenvalue weighted by Gasteiger charge is -2.35. The SMILES string of the molecule is CC(C)c1ccc([C@H](CNC(=O)c2ccccc2)N2CCOCC2)cc1. The van der Waals surface area contributed by atoms with Crippen LogP contribution in [0.15, 0.2) is 54.6 Å². The molecule has 0 bridgehead atoms. The van der Waals surface area contributed by atoms with E-state index in [1.54, 1.807) is 0 Å². The van der Waals surface area contributed by atoms with Gasteiger partial charge in [0.15, 0.2) is 0 Å². The normalized spacial score (nSPS) is 16.4. The number of hydrogen-bond acceptors (Lipinski definition) is 3. The van der Waals surface area contributed by atoms with Crippen molar-refractivity contribution in [2.75, 3.05) is 32.8 Å². The number of carbonyl (C=O) groups excluding carboxylic acids is 1. The van der Waals surface area contributed by atoms with Crippen molar-refractivity contribution in [1.29, 1.82) is 0 Å². The number of carbonyl (C=O) groups is 1. The van der Waals surface area contributed by atoms with Crippen LogP contribution in [0.4, 0.5) is 0 Å². The number of ether oxygens (including phenoxy) is 1. The molecule has 4 nitrogen and oxygen atoms in total. The van der Waals surface area contributed by atoms with Crippen LogP contribution in [-0.4, -0.2) is 43.7 Å². The topological polar surface area (TPSA) is 41.6 Å². The molecule has 2 aromatic carbocycles. The lowest BCUT2D eigenvalue weighted by molar-refractivity contribution is 0.0162. The van der Waals surface area contributed by atoms with Gasteiger partial charge in [0, 0.05) is 25.2 Å². The zero-order valence-corrected chi connectivity index (χ0v) is 15.7. The van der Waals surface area contributed by atoms with E-state index in [1.807, 2.05) is 30.3 Å². The largest absolute Gasteiger partial charge is 0.379 e. The lowest BCUT2D eigenvalue weighted by Crippen LogP contribution is -2.43. The van der Waals surface area contributed by atoms with E-state index in [0.717, 1.165) is 26.3 Å². The van der Waals surface area contributed by atoms with Crippen LogP contribution in [0.5, 0.6) is 0 Å².